The molecule has 1 aliphatic rings. The van der Waals surface area contributed by atoms with Crippen molar-refractivity contribution in [2.45, 2.75) is 39.5 Å². The summed E-state index contributed by atoms with van der Waals surface area (Å²) >= 11 is 0. The number of aliphatic carboxylic acids is 1. The predicted octanol–water partition coefficient (Wildman–Crippen LogP) is 0.838. The van der Waals surface area contributed by atoms with Crippen LogP contribution in [0.2, 0.25) is 0 Å². The van der Waals surface area contributed by atoms with Crippen LogP contribution >= 0.6 is 0 Å². The maximum Gasteiger partial charge on any atom is 0.320 e. The maximum atomic E-state index is 10.5. The van der Waals surface area contributed by atoms with E-state index in [-0.39, 0.29) is 11.7 Å². The molecule has 1 fully saturated rings. The van der Waals surface area contributed by atoms with Crippen LogP contribution in [-0.4, -0.2) is 43.2 Å². The van der Waals surface area contributed by atoms with Crippen molar-refractivity contribution in [1.29, 1.82) is 0 Å². The van der Waals surface area contributed by atoms with Gasteiger partial charge in [0, 0.05) is 18.4 Å². The molecule has 0 unspecified atom stereocenters. The van der Waals surface area contributed by atoms with Crippen molar-refractivity contribution < 1.29 is 19.4 Å². The molecule has 0 saturated carbocycles. The van der Waals surface area contributed by atoms with E-state index in [1.807, 2.05) is 0 Å². The fourth-order valence-electron chi connectivity index (χ4n) is 1.40. The summed E-state index contributed by atoms with van der Waals surface area (Å²) < 4.78 is 11.1. The van der Waals surface area contributed by atoms with E-state index in [0.717, 1.165) is 0 Å². The van der Waals surface area contributed by atoms with Crippen molar-refractivity contribution in [1.82, 2.24) is 5.32 Å². The number of carbonyl (C=O) groups is 1. The number of ether oxygens (including phenoxy) is 2. The van der Waals surface area contributed by atoms with E-state index in [4.69, 9.17) is 14.6 Å². The quantitative estimate of drug-likeness (QED) is 0.734. The van der Waals surface area contributed by atoms with E-state index in [1.165, 1.54) is 0 Å². The lowest BCUT2D eigenvalue weighted by Gasteiger charge is -2.34. The van der Waals surface area contributed by atoms with Crippen LogP contribution in [0.3, 0.4) is 0 Å². The molecule has 0 spiro atoms. The van der Waals surface area contributed by atoms with Crippen LogP contribution in [0.5, 0.6) is 0 Å². The van der Waals surface area contributed by atoms with Crippen molar-refractivity contribution in [3.05, 3.63) is 0 Å². The summed E-state index contributed by atoms with van der Waals surface area (Å²) in [7, 11) is 0. The minimum atomic E-state index is -0.841. The highest BCUT2D eigenvalue weighted by Gasteiger charge is 2.28. The molecule has 0 aromatic carbocycles. The second-order valence-corrected chi connectivity index (χ2v) is 5.02. The van der Waals surface area contributed by atoms with Gasteiger partial charge in [-0.1, -0.05) is 13.8 Å². The van der Waals surface area contributed by atoms with Gasteiger partial charge < -0.3 is 19.9 Å². The van der Waals surface area contributed by atoms with Crippen molar-refractivity contribution >= 4 is 5.97 Å². The second-order valence-electron chi connectivity index (χ2n) is 5.02. The molecule has 0 aliphatic carbocycles. The van der Waals surface area contributed by atoms with Gasteiger partial charge in [0.25, 0.3) is 0 Å². The molecule has 0 bridgehead atoms. The Hall–Kier alpha value is -0.650. The molecule has 0 aromatic rings. The Morgan fingerprint density at radius 3 is 2.56 bits per heavy atom. The fraction of sp³-hybridized carbons (Fsp3) is 0.909. The topological polar surface area (TPSA) is 67.8 Å². The van der Waals surface area contributed by atoms with Crippen LogP contribution in [0.15, 0.2) is 0 Å². The van der Waals surface area contributed by atoms with E-state index in [1.54, 1.807) is 6.92 Å². The van der Waals surface area contributed by atoms with E-state index >= 15 is 0 Å². The molecule has 0 radical (unpaired) electrons. The third kappa shape index (κ3) is 4.47. The number of carboxylic acids is 1. The van der Waals surface area contributed by atoms with Crippen LogP contribution < -0.4 is 5.32 Å². The average Bonchev–Trinajstić information content (AvgIpc) is 2.20. The molecule has 1 saturated heterocycles. The smallest absolute Gasteiger partial charge is 0.320 e. The van der Waals surface area contributed by atoms with Crippen molar-refractivity contribution in [2.75, 3.05) is 19.8 Å². The molecule has 5 heteroatoms. The van der Waals surface area contributed by atoms with Gasteiger partial charge >= 0.3 is 5.97 Å². The molecule has 1 atom stereocenters. The summed E-state index contributed by atoms with van der Waals surface area (Å²) in [5.74, 6) is -0.841. The Kier molecular flexibility index (Phi) is 4.70. The largest absolute Gasteiger partial charge is 0.480 e. The minimum Gasteiger partial charge on any atom is -0.480 e. The summed E-state index contributed by atoms with van der Waals surface area (Å²) in [5, 5.41) is 11.6. The number of nitrogens with one attached hydrogen (secondary N) is 1. The summed E-state index contributed by atoms with van der Waals surface area (Å²) in [6.45, 7) is 7.76. The molecule has 1 rings (SSSR count). The lowest BCUT2D eigenvalue weighted by atomic mass is 9.95. The normalized spacial score (nSPS) is 22.9. The molecular formula is C11H21NO4. The van der Waals surface area contributed by atoms with Crippen LogP contribution in [0.25, 0.3) is 0 Å². The zero-order valence-corrected chi connectivity index (χ0v) is 10.2. The van der Waals surface area contributed by atoms with Gasteiger partial charge in [-0.05, 0) is 6.92 Å². The minimum absolute atomic E-state index is 0.0816. The third-order valence-electron chi connectivity index (χ3n) is 2.52. The number of rotatable bonds is 5. The van der Waals surface area contributed by atoms with Crippen molar-refractivity contribution in [3.8, 4) is 0 Å². The molecule has 0 aromatic heterocycles. The monoisotopic (exact) mass is 231 g/mol. The number of hydrogen-bond acceptors (Lipinski definition) is 4. The highest BCUT2D eigenvalue weighted by Crippen LogP contribution is 2.23. The molecular weight excluding hydrogens is 210 g/mol. The van der Waals surface area contributed by atoms with Gasteiger partial charge in [0.05, 0.1) is 13.2 Å². The molecule has 0 amide bonds. The van der Waals surface area contributed by atoms with Gasteiger partial charge in [-0.3, -0.25) is 4.79 Å². The van der Waals surface area contributed by atoms with Gasteiger partial charge in [0.15, 0.2) is 6.29 Å². The first-order chi connectivity index (χ1) is 7.41. The maximum absolute atomic E-state index is 10.5. The Bertz CT molecular complexity index is 232. The third-order valence-corrected chi connectivity index (χ3v) is 2.52. The first-order valence-corrected chi connectivity index (χ1v) is 5.60. The highest BCUT2D eigenvalue weighted by molar-refractivity contribution is 5.72. The van der Waals surface area contributed by atoms with Crippen LogP contribution in [0, 0.1) is 5.41 Å². The average molecular weight is 231 g/mol. The molecule has 2 N–H and O–H groups in total. The zero-order valence-electron chi connectivity index (χ0n) is 10.2. The van der Waals surface area contributed by atoms with Crippen molar-refractivity contribution in [2.24, 2.45) is 5.41 Å². The molecule has 1 aliphatic heterocycles. The molecule has 1 heterocycles. The Morgan fingerprint density at radius 2 is 2.06 bits per heavy atom. The van der Waals surface area contributed by atoms with Gasteiger partial charge in [-0.2, -0.15) is 0 Å². The van der Waals surface area contributed by atoms with Gasteiger partial charge in [-0.25, -0.2) is 0 Å². The lowest BCUT2D eigenvalue weighted by Crippen LogP contribution is -2.40. The molecule has 5 nitrogen and oxygen atoms in total. The van der Waals surface area contributed by atoms with Crippen LogP contribution in [0.1, 0.15) is 27.2 Å². The van der Waals surface area contributed by atoms with Crippen molar-refractivity contribution in [3.63, 3.8) is 0 Å². The summed E-state index contributed by atoms with van der Waals surface area (Å²) in [6, 6.07) is -0.528. The first-order valence-electron chi connectivity index (χ1n) is 5.60. The fourth-order valence-corrected chi connectivity index (χ4v) is 1.40. The zero-order chi connectivity index (χ0) is 12.2. The number of hydrogen-bond donors (Lipinski definition) is 2. The predicted molar refractivity (Wildman–Crippen MR) is 59.2 cm³/mol. The van der Waals surface area contributed by atoms with E-state index in [9.17, 15) is 4.79 Å². The van der Waals surface area contributed by atoms with E-state index in [2.05, 4.69) is 19.2 Å². The SMILES string of the molecule is C[C@H](NCCC1OCC(C)(C)CO1)C(=O)O. The summed E-state index contributed by atoms with van der Waals surface area (Å²) in [6.07, 6.45) is 0.467. The van der Waals surface area contributed by atoms with Crippen LogP contribution in [0.4, 0.5) is 0 Å². The van der Waals surface area contributed by atoms with Gasteiger partial charge in [0.2, 0.25) is 0 Å². The van der Waals surface area contributed by atoms with Crippen LogP contribution in [-0.2, 0) is 14.3 Å². The standard InChI is InChI=1S/C11H21NO4/c1-8(10(13)14)12-5-4-9-15-6-11(2,3)7-16-9/h8-9,12H,4-7H2,1-3H3,(H,13,14)/t8-/m0/s1. The first kappa shape index (κ1) is 13.4. The highest BCUT2D eigenvalue weighted by atomic mass is 16.7. The summed E-state index contributed by atoms with van der Waals surface area (Å²) in [5.41, 5.74) is 0.0816. The van der Waals surface area contributed by atoms with Gasteiger partial charge in [-0.15, -0.1) is 0 Å². The molecule has 16 heavy (non-hydrogen) atoms. The Morgan fingerprint density at radius 1 is 1.50 bits per heavy atom. The molecule has 94 valence electrons. The Balaban J connectivity index is 2.13. The van der Waals surface area contributed by atoms with E-state index < -0.39 is 12.0 Å². The summed E-state index contributed by atoms with van der Waals surface area (Å²) in [4.78, 5) is 10.5. The van der Waals surface area contributed by atoms with E-state index in [0.29, 0.717) is 26.2 Å². The van der Waals surface area contributed by atoms with Gasteiger partial charge in [0.1, 0.15) is 6.04 Å². The Labute approximate surface area is 96.1 Å². The number of carboxylic acid groups (broad SMARTS) is 1. The second kappa shape index (κ2) is 5.61. The lowest BCUT2D eigenvalue weighted by molar-refractivity contribution is -0.223.